The molecule has 0 aliphatic heterocycles. The Morgan fingerprint density at radius 2 is 1.73 bits per heavy atom. The minimum atomic E-state index is -0.531. The summed E-state index contributed by atoms with van der Waals surface area (Å²) in [7, 11) is 0. The van der Waals surface area contributed by atoms with Crippen LogP contribution in [0.15, 0.2) is 57.7 Å². The lowest BCUT2D eigenvalue weighted by molar-refractivity contribution is 0.450. The molecule has 4 heteroatoms. The number of para-hydroxylation sites is 1. The Hall–Kier alpha value is -2.75. The molecule has 3 rings (SSSR count). The molecule has 2 aromatic carbocycles. The van der Waals surface area contributed by atoms with E-state index in [-0.39, 0.29) is 23.0 Å². The summed E-state index contributed by atoms with van der Waals surface area (Å²) in [5.41, 5.74) is 0.940. The summed E-state index contributed by atoms with van der Waals surface area (Å²) in [6.07, 6.45) is 0.626. The molecule has 0 bridgehead atoms. The average molecular weight is 296 g/mol. The van der Waals surface area contributed by atoms with E-state index in [0.29, 0.717) is 17.4 Å². The molecule has 0 unspecified atom stereocenters. The second kappa shape index (κ2) is 5.56. The minimum absolute atomic E-state index is 0.0354. The van der Waals surface area contributed by atoms with Crippen LogP contribution in [-0.4, -0.2) is 10.2 Å². The Labute approximate surface area is 127 Å². The molecule has 0 radical (unpaired) electrons. The predicted octanol–water partition coefficient (Wildman–Crippen LogP) is 3.75. The van der Waals surface area contributed by atoms with Crippen LogP contribution < -0.4 is 5.63 Å². The van der Waals surface area contributed by atoms with Crippen LogP contribution >= 0.6 is 0 Å². The molecule has 0 saturated carbocycles. The number of benzene rings is 2. The zero-order chi connectivity index (χ0) is 15.7. The molecule has 0 spiro atoms. The van der Waals surface area contributed by atoms with Gasteiger partial charge in [0.05, 0.1) is 10.9 Å². The van der Waals surface area contributed by atoms with E-state index in [1.165, 1.54) is 0 Å². The maximum Gasteiger partial charge on any atom is 0.343 e. The zero-order valence-electron chi connectivity index (χ0n) is 12.1. The summed E-state index contributed by atoms with van der Waals surface area (Å²) in [6, 6.07) is 13.5. The second-order valence-corrected chi connectivity index (χ2v) is 5.20. The first-order valence-corrected chi connectivity index (χ1v) is 7.15. The highest BCUT2D eigenvalue weighted by Gasteiger charge is 2.23. The summed E-state index contributed by atoms with van der Waals surface area (Å²) >= 11 is 0. The summed E-state index contributed by atoms with van der Waals surface area (Å²) < 4.78 is 5.34. The normalized spacial score (nSPS) is 12.4. The maximum atomic E-state index is 12.3. The molecule has 0 amide bonds. The van der Waals surface area contributed by atoms with Gasteiger partial charge in [0.15, 0.2) is 0 Å². The van der Waals surface area contributed by atoms with Crippen molar-refractivity contribution in [1.29, 1.82) is 0 Å². The quantitative estimate of drug-likeness (QED) is 0.722. The number of hydrogen-bond donors (Lipinski definition) is 2. The van der Waals surface area contributed by atoms with Crippen molar-refractivity contribution >= 4 is 11.0 Å². The standard InChI is InChI=1S/C18H16O4/c1-2-13(11-7-9-12(19)10-8-11)16-17(20)14-5-3-4-6-15(14)22-18(16)21/h3-10,13,19-20H,2H2,1H3/t13-/m0/s1. The first-order valence-electron chi connectivity index (χ1n) is 7.15. The van der Waals surface area contributed by atoms with E-state index >= 15 is 0 Å². The van der Waals surface area contributed by atoms with Crippen LogP contribution in [0.3, 0.4) is 0 Å². The molecule has 2 N–H and O–H groups in total. The Kier molecular flexibility index (Phi) is 3.59. The monoisotopic (exact) mass is 296 g/mol. The average Bonchev–Trinajstić information content (AvgIpc) is 2.52. The highest BCUT2D eigenvalue weighted by Crippen LogP contribution is 2.36. The van der Waals surface area contributed by atoms with Crippen molar-refractivity contribution in [3.05, 3.63) is 70.1 Å². The van der Waals surface area contributed by atoms with E-state index in [2.05, 4.69) is 0 Å². The van der Waals surface area contributed by atoms with Gasteiger partial charge in [-0.25, -0.2) is 4.79 Å². The fraction of sp³-hybridized carbons (Fsp3) is 0.167. The van der Waals surface area contributed by atoms with Gasteiger partial charge in [0.1, 0.15) is 17.1 Å². The Bertz CT molecular complexity index is 862. The number of fused-ring (bicyclic) bond motifs is 1. The minimum Gasteiger partial charge on any atom is -0.508 e. The van der Waals surface area contributed by atoms with Gasteiger partial charge in [-0.1, -0.05) is 31.2 Å². The van der Waals surface area contributed by atoms with E-state index in [9.17, 15) is 15.0 Å². The molecular formula is C18H16O4. The number of hydrogen-bond acceptors (Lipinski definition) is 4. The van der Waals surface area contributed by atoms with Crippen LogP contribution in [0.1, 0.15) is 30.4 Å². The van der Waals surface area contributed by atoms with Gasteiger partial charge in [0.2, 0.25) is 0 Å². The third kappa shape index (κ3) is 2.33. The first-order chi connectivity index (χ1) is 10.6. The summed E-state index contributed by atoms with van der Waals surface area (Å²) in [4.78, 5) is 12.3. The predicted molar refractivity (Wildman–Crippen MR) is 84.4 cm³/mol. The van der Waals surface area contributed by atoms with Crippen molar-refractivity contribution in [3.63, 3.8) is 0 Å². The molecule has 1 aromatic heterocycles. The van der Waals surface area contributed by atoms with Crippen LogP contribution in [0.5, 0.6) is 11.5 Å². The van der Waals surface area contributed by atoms with Crippen LogP contribution in [0.25, 0.3) is 11.0 Å². The Balaban J connectivity index is 2.23. The molecule has 1 heterocycles. The van der Waals surface area contributed by atoms with Crippen LogP contribution in [0.2, 0.25) is 0 Å². The van der Waals surface area contributed by atoms with Crippen molar-refractivity contribution in [2.45, 2.75) is 19.3 Å². The second-order valence-electron chi connectivity index (χ2n) is 5.20. The van der Waals surface area contributed by atoms with Gasteiger partial charge in [-0.15, -0.1) is 0 Å². The number of phenols is 1. The summed E-state index contributed by atoms with van der Waals surface area (Å²) in [5, 5.41) is 20.5. The lowest BCUT2D eigenvalue weighted by atomic mass is 9.89. The van der Waals surface area contributed by atoms with Crippen molar-refractivity contribution in [2.24, 2.45) is 0 Å². The molecule has 1 atom stereocenters. The third-order valence-electron chi connectivity index (χ3n) is 3.87. The van der Waals surface area contributed by atoms with Crippen LogP contribution in [0.4, 0.5) is 0 Å². The van der Waals surface area contributed by atoms with Gasteiger partial charge in [-0.3, -0.25) is 0 Å². The highest BCUT2D eigenvalue weighted by atomic mass is 16.4. The van der Waals surface area contributed by atoms with E-state index in [1.807, 2.05) is 6.92 Å². The van der Waals surface area contributed by atoms with E-state index in [0.717, 1.165) is 5.56 Å². The number of phenolic OH excluding ortho intramolecular Hbond substituents is 1. The first kappa shape index (κ1) is 14.2. The van der Waals surface area contributed by atoms with Crippen LogP contribution in [0, 0.1) is 0 Å². The van der Waals surface area contributed by atoms with Crippen LogP contribution in [-0.2, 0) is 0 Å². The molecule has 0 aliphatic rings. The molecule has 0 aliphatic carbocycles. The van der Waals surface area contributed by atoms with Crippen molar-refractivity contribution in [3.8, 4) is 11.5 Å². The van der Waals surface area contributed by atoms with Gasteiger partial charge >= 0.3 is 5.63 Å². The molecule has 3 aromatic rings. The third-order valence-corrected chi connectivity index (χ3v) is 3.87. The topological polar surface area (TPSA) is 70.7 Å². The molecule has 0 saturated heterocycles. The van der Waals surface area contributed by atoms with E-state index < -0.39 is 5.63 Å². The lowest BCUT2D eigenvalue weighted by Gasteiger charge is -2.16. The number of rotatable bonds is 3. The van der Waals surface area contributed by atoms with Gasteiger partial charge in [0.25, 0.3) is 0 Å². The SMILES string of the molecule is CC[C@@H](c1ccc(O)cc1)c1c(O)c2ccccc2oc1=O. The molecular weight excluding hydrogens is 280 g/mol. The van der Waals surface area contributed by atoms with E-state index in [4.69, 9.17) is 4.42 Å². The van der Waals surface area contributed by atoms with Gasteiger partial charge in [-0.05, 0) is 36.2 Å². The molecule has 0 fully saturated rings. The van der Waals surface area contributed by atoms with Gasteiger partial charge < -0.3 is 14.6 Å². The van der Waals surface area contributed by atoms with Crippen molar-refractivity contribution < 1.29 is 14.6 Å². The Morgan fingerprint density at radius 3 is 2.41 bits per heavy atom. The smallest absolute Gasteiger partial charge is 0.343 e. The number of aromatic hydroxyl groups is 2. The molecule has 22 heavy (non-hydrogen) atoms. The maximum absolute atomic E-state index is 12.3. The van der Waals surface area contributed by atoms with Crippen molar-refractivity contribution in [1.82, 2.24) is 0 Å². The fourth-order valence-corrected chi connectivity index (χ4v) is 2.77. The van der Waals surface area contributed by atoms with Gasteiger partial charge in [-0.2, -0.15) is 0 Å². The highest BCUT2D eigenvalue weighted by molar-refractivity contribution is 5.84. The molecule has 4 nitrogen and oxygen atoms in total. The largest absolute Gasteiger partial charge is 0.508 e. The fourth-order valence-electron chi connectivity index (χ4n) is 2.77. The Morgan fingerprint density at radius 1 is 1.05 bits per heavy atom. The summed E-state index contributed by atoms with van der Waals surface area (Å²) in [5.74, 6) is -0.165. The molecule has 112 valence electrons. The van der Waals surface area contributed by atoms with Gasteiger partial charge in [0, 0.05) is 5.92 Å². The van der Waals surface area contributed by atoms with E-state index in [1.54, 1.807) is 48.5 Å². The van der Waals surface area contributed by atoms with Crippen molar-refractivity contribution in [2.75, 3.05) is 0 Å². The lowest BCUT2D eigenvalue weighted by Crippen LogP contribution is -2.13. The zero-order valence-corrected chi connectivity index (χ0v) is 12.1. The summed E-state index contributed by atoms with van der Waals surface area (Å²) in [6.45, 7) is 1.94.